The minimum Gasteiger partial charge on any atom is -0.497 e. The quantitative estimate of drug-likeness (QED) is 0.644. The van der Waals surface area contributed by atoms with Crippen molar-refractivity contribution < 1.29 is 17.9 Å². The van der Waals surface area contributed by atoms with E-state index >= 15 is 0 Å². The molecule has 0 aliphatic rings. The molecule has 1 aromatic heterocycles. The standard InChI is InChI=1S/C18H17ClN2O4S2/c1-11-4-9-14(19)17-16(11)21(2)18(26-17)20-15(22)10-27(23,24)13-7-5-12(25-3)6-8-13/h4-9H,10H2,1-3H3. The van der Waals surface area contributed by atoms with Crippen LogP contribution in [0.15, 0.2) is 46.3 Å². The van der Waals surface area contributed by atoms with Gasteiger partial charge in [0.1, 0.15) is 11.5 Å². The van der Waals surface area contributed by atoms with Crippen LogP contribution in [-0.2, 0) is 21.7 Å². The fourth-order valence-corrected chi connectivity index (χ4v) is 5.17. The molecule has 0 aliphatic heterocycles. The van der Waals surface area contributed by atoms with Crippen LogP contribution in [0.5, 0.6) is 5.75 Å². The van der Waals surface area contributed by atoms with Crippen molar-refractivity contribution in [3.05, 3.63) is 51.8 Å². The average Bonchev–Trinajstić information content (AvgIpc) is 2.95. The molecule has 0 saturated heterocycles. The lowest BCUT2D eigenvalue weighted by atomic mass is 10.2. The van der Waals surface area contributed by atoms with Gasteiger partial charge in [-0.05, 0) is 42.8 Å². The van der Waals surface area contributed by atoms with E-state index in [0.29, 0.717) is 15.6 Å². The normalized spacial score (nSPS) is 12.5. The monoisotopic (exact) mass is 424 g/mol. The summed E-state index contributed by atoms with van der Waals surface area (Å²) in [6, 6.07) is 9.55. The number of ether oxygens (including phenoxy) is 1. The van der Waals surface area contributed by atoms with Crippen LogP contribution in [0.3, 0.4) is 0 Å². The first-order valence-corrected chi connectivity index (χ1v) is 10.8. The van der Waals surface area contributed by atoms with E-state index in [2.05, 4.69) is 4.99 Å². The van der Waals surface area contributed by atoms with Crippen LogP contribution in [0.4, 0.5) is 0 Å². The summed E-state index contributed by atoms with van der Waals surface area (Å²) < 4.78 is 32.5. The molecular formula is C18H17ClN2O4S2. The van der Waals surface area contributed by atoms with Gasteiger partial charge in [-0.2, -0.15) is 4.99 Å². The van der Waals surface area contributed by atoms with Crippen molar-refractivity contribution in [3.63, 3.8) is 0 Å². The Labute approximate surface area is 165 Å². The summed E-state index contributed by atoms with van der Waals surface area (Å²) in [7, 11) is -0.532. The molecule has 27 heavy (non-hydrogen) atoms. The third-order valence-corrected chi connectivity index (χ3v) is 7.26. The third kappa shape index (κ3) is 3.92. The second-order valence-electron chi connectivity index (χ2n) is 5.93. The molecule has 0 saturated carbocycles. The number of hydrogen-bond donors (Lipinski definition) is 0. The molecule has 9 heteroatoms. The zero-order valence-corrected chi connectivity index (χ0v) is 17.3. The molecule has 0 unspecified atom stereocenters. The molecule has 2 aromatic carbocycles. The maximum Gasteiger partial charge on any atom is 0.263 e. The Morgan fingerprint density at radius 2 is 1.89 bits per heavy atom. The Bertz CT molecular complexity index is 1190. The number of carbonyl (C=O) groups excluding carboxylic acids is 1. The molecule has 6 nitrogen and oxygen atoms in total. The van der Waals surface area contributed by atoms with E-state index < -0.39 is 21.5 Å². The summed E-state index contributed by atoms with van der Waals surface area (Å²) in [5, 5.41) is 0.566. The Kier molecular flexibility index (Phi) is 5.41. The highest BCUT2D eigenvalue weighted by Gasteiger charge is 2.20. The second kappa shape index (κ2) is 7.46. The van der Waals surface area contributed by atoms with Crippen molar-refractivity contribution in [1.29, 1.82) is 0 Å². The fraction of sp³-hybridized carbons (Fsp3) is 0.222. The lowest BCUT2D eigenvalue weighted by Crippen LogP contribution is -2.19. The van der Waals surface area contributed by atoms with E-state index in [4.69, 9.17) is 16.3 Å². The van der Waals surface area contributed by atoms with Crippen LogP contribution in [0.25, 0.3) is 10.2 Å². The number of carbonyl (C=O) groups is 1. The number of halogens is 1. The van der Waals surface area contributed by atoms with Gasteiger partial charge in [-0.15, -0.1) is 0 Å². The fourth-order valence-electron chi connectivity index (χ4n) is 2.68. The van der Waals surface area contributed by atoms with E-state index in [9.17, 15) is 13.2 Å². The number of aryl methyl sites for hydroxylation is 2. The van der Waals surface area contributed by atoms with Crippen LogP contribution in [0, 0.1) is 6.92 Å². The summed E-state index contributed by atoms with van der Waals surface area (Å²) in [6.45, 7) is 1.94. The highest BCUT2D eigenvalue weighted by Crippen LogP contribution is 2.28. The number of fused-ring (bicyclic) bond motifs is 1. The maximum absolute atomic E-state index is 12.5. The minimum absolute atomic E-state index is 0.0476. The van der Waals surface area contributed by atoms with Crippen LogP contribution in [0.1, 0.15) is 5.56 Å². The molecule has 0 N–H and O–H groups in total. The predicted octanol–water partition coefficient (Wildman–Crippen LogP) is 3.11. The molecule has 0 fully saturated rings. The highest BCUT2D eigenvalue weighted by molar-refractivity contribution is 7.92. The van der Waals surface area contributed by atoms with E-state index in [-0.39, 0.29) is 4.90 Å². The topological polar surface area (TPSA) is 77.7 Å². The average molecular weight is 425 g/mol. The first-order chi connectivity index (χ1) is 12.7. The van der Waals surface area contributed by atoms with Gasteiger partial charge in [0.2, 0.25) is 0 Å². The number of hydrogen-bond acceptors (Lipinski definition) is 5. The number of amides is 1. The van der Waals surface area contributed by atoms with E-state index in [1.54, 1.807) is 17.7 Å². The predicted molar refractivity (Wildman–Crippen MR) is 106 cm³/mol. The van der Waals surface area contributed by atoms with Gasteiger partial charge in [0.15, 0.2) is 14.6 Å². The zero-order chi connectivity index (χ0) is 19.8. The summed E-state index contributed by atoms with van der Waals surface area (Å²) >= 11 is 7.48. The summed E-state index contributed by atoms with van der Waals surface area (Å²) in [4.78, 5) is 16.8. The van der Waals surface area contributed by atoms with Crippen molar-refractivity contribution in [2.45, 2.75) is 11.8 Å². The Hall–Kier alpha value is -2.16. The molecule has 1 amide bonds. The van der Waals surface area contributed by atoms with E-state index in [1.807, 2.05) is 13.0 Å². The van der Waals surface area contributed by atoms with E-state index in [1.165, 1.54) is 42.7 Å². The zero-order valence-electron chi connectivity index (χ0n) is 14.9. The number of aromatic nitrogens is 1. The van der Waals surface area contributed by atoms with Crippen molar-refractivity contribution in [1.82, 2.24) is 4.57 Å². The molecule has 0 bridgehead atoms. The SMILES string of the molecule is COc1ccc(S(=O)(=O)CC(=O)N=c2sc3c(Cl)ccc(C)c3n2C)cc1. The number of sulfone groups is 1. The first-order valence-electron chi connectivity index (χ1n) is 7.92. The Balaban J connectivity index is 1.95. The van der Waals surface area contributed by atoms with Crippen molar-refractivity contribution >= 4 is 48.9 Å². The third-order valence-electron chi connectivity index (χ3n) is 4.05. The molecular weight excluding hydrogens is 408 g/mol. The van der Waals surface area contributed by atoms with Gasteiger partial charge in [-0.25, -0.2) is 8.42 Å². The van der Waals surface area contributed by atoms with Crippen LogP contribution >= 0.6 is 22.9 Å². The second-order valence-corrected chi connectivity index (χ2v) is 9.30. The summed E-state index contributed by atoms with van der Waals surface area (Å²) in [6.07, 6.45) is 0. The molecule has 0 radical (unpaired) electrons. The smallest absolute Gasteiger partial charge is 0.263 e. The lowest BCUT2D eigenvalue weighted by Gasteiger charge is -2.03. The van der Waals surface area contributed by atoms with Crippen molar-refractivity contribution in [2.24, 2.45) is 12.0 Å². The molecule has 0 atom stereocenters. The largest absolute Gasteiger partial charge is 0.497 e. The van der Waals surface area contributed by atoms with Gasteiger partial charge < -0.3 is 9.30 Å². The van der Waals surface area contributed by atoms with Gasteiger partial charge in [-0.1, -0.05) is 29.0 Å². The number of rotatable bonds is 4. The first kappa shape index (κ1) is 19.6. The molecule has 0 aliphatic carbocycles. The molecule has 3 aromatic rings. The van der Waals surface area contributed by atoms with Crippen molar-refractivity contribution in [3.8, 4) is 5.75 Å². The Morgan fingerprint density at radius 3 is 2.48 bits per heavy atom. The van der Waals surface area contributed by atoms with Gasteiger partial charge in [0.05, 0.1) is 27.2 Å². The summed E-state index contributed by atoms with van der Waals surface area (Å²) in [5.41, 5.74) is 1.87. The lowest BCUT2D eigenvalue weighted by molar-refractivity contribution is -0.115. The van der Waals surface area contributed by atoms with Crippen LogP contribution in [0.2, 0.25) is 5.02 Å². The molecule has 3 rings (SSSR count). The van der Waals surface area contributed by atoms with Gasteiger partial charge in [0.25, 0.3) is 5.91 Å². The molecule has 142 valence electrons. The Morgan fingerprint density at radius 1 is 1.22 bits per heavy atom. The summed E-state index contributed by atoms with van der Waals surface area (Å²) in [5.74, 6) is -0.906. The maximum atomic E-state index is 12.5. The van der Waals surface area contributed by atoms with E-state index in [0.717, 1.165) is 15.8 Å². The number of benzene rings is 2. The number of nitrogens with zero attached hydrogens (tertiary/aromatic N) is 2. The number of methoxy groups -OCH3 is 1. The van der Waals surface area contributed by atoms with Gasteiger partial charge in [0, 0.05) is 7.05 Å². The van der Waals surface area contributed by atoms with Gasteiger partial charge in [-0.3, -0.25) is 4.79 Å². The van der Waals surface area contributed by atoms with Crippen LogP contribution < -0.4 is 9.54 Å². The minimum atomic E-state index is -3.79. The van der Waals surface area contributed by atoms with Crippen molar-refractivity contribution in [2.75, 3.05) is 12.9 Å². The molecule has 1 heterocycles. The highest BCUT2D eigenvalue weighted by atomic mass is 35.5. The van der Waals surface area contributed by atoms with Gasteiger partial charge >= 0.3 is 0 Å². The molecule has 0 spiro atoms. The van der Waals surface area contributed by atoms with Crippen LogP contribution in [-0.4, -0.2) is 31.8 Å². The number of thiazole rings is 1.